The largest absolute Gasteiger partial charge is 0.354 e. The fraction of sp³-hybridized carbons (Fsp3) is 0.222. The summed E-state index contributed by atoms with van der Waals surface area (Å²) in [7, 11) is 0. The van der Waals surface area contributed by atoms with Crippen LogP contribution in [0.1, 0.15) is 0 Å². The monoisotopic (exact) mass is 247 g/mol. The maximum absolute atomic E-state index is 12.9. The molecular weight excluding hydrogens is 240 g/mol. The Hall–Kier alpha value is -1.00. The van der Waals surface area contributed by atoms with Gasteiger partial charge in [-0.1, -0.05) is 23.2 Å². The normalized spacial score (nSPS) is 14.7. The van der Waals surface area contributed by atoms with Gasteiger partial charge in [0.15, 0.2) is 5.96 Å². The molecule has 0 saturated carbocycles. The molecule has 0 radical (unpaired) electrons. The predicted octanol–water partition coefficient (Wildman–Crippen LogP) is 2.50. The highest BCUT2D eigenvalue weighted by Gasteiger charge is 2.12. The van der Waals surface area contributed by atoms with Crippen LogP contribution in [0, 0.1) is 5.82 Å². The molecule has 1 heterocycles. The number of rotatable bonds is 1. The van der Waals surface area contributed by atoms with Gasteiger partial charge in [0, 0.05) is 6.54 Å². The molecule has 3 nitrogen and oxygen atoms in total. The molecule has 15 heavy (non-hydrogen) atoms. The minimum atomic E-state index is -0.461. The van der Waals surface area contributed by atoms with Crippen molar-refractivity contribution < 1.29 is 4.39 Å². The number of benzene rings is 1. The van der Waals surface area contributed by atoms with Crippen molar-refractivity contribution in [1.29, 1.82) is 0 Å². The van der Waals surface area contributed by atoms with E-state index in [0.29, 0.717) is 18.2 Å². The smallest absolute Gasteiger partial charge is 0.196 e. The van der Waals surface area contributed by atoms with Gasteiger partial charge in [-0.3, -0.25) is 4.99 Å². The van der Waals surface area contributed by atoms with E-state index in [2.05, 4.69) is 15.6 Å². The van der Waals surface area contributed by atoms with E-state index in [4.69, 9.17) is 23.2 Å². The van der Waals surface area contributed by atoms with Gasteiger partial charge in [-0.25, -0.2) is 4.39 Å². The van der Waals surface area contributed by atoms with Gasteiger partial charge in [-0.15, -0.1) is 0 Å². The molecule has 1 aromatic carbocycles. The third kappa shape index (κ3) is 2.33. The minimum Gasteiger partial charge on any atom is -0.354 e. The summed E-state index contributed by atoms with van der Waals surface area (Å²) < 4.78 is 12.9. The molecule has 1 aromatic rings. The molecule has 80 valence electrons. The molecule has 2 N–H and O–H groups in total. The van der Waals surface area contributed by atoms with Crippen LogP contribution in [0.15, 0.2) is 17.1 Å². The Kier molecular flexibility index (Phi) is 2.98. The number of nitrogens with zero attached hydrogens (tertiary/aromatic N) is 1. The van der Waals surface area contributed by atoms with E-state index >= 15 is 0 Å². The first-order valence-electron chi connectivity index (χ1n) is 4.37. The van der Waals surface area contributed by atoms with Crippen molar-refractivity contribution in [2.45, 2.75) is 0 Å². The molecular formula is C9H8Cl2FN3. The maximum Gasteiger partial charge on any atom is 0.196 e. The van der Waals surface area contributed by atoms with Gasteiger partial charge in [-0.2, -0.15) is 0 Å². The summed E-state index contributed by atoms with van der Waals surface area (Å²) in [6.45, 7) is 1.48. The zero-order valence-corrected chi connectivity index (χ0v) is 9.16. The SMILES string of the molecule is Fc1cc(Cl)c(NC2=NCCN2)c(Cl)c1. The number of hydrogen-bond donors (Lipinski definition) is 2. The van der Waals surface area contributed by atoms with Crippen LogP contribution in [0.5, 0.6) is 0 Å². The lowest BCUT2D eigenvalue weighted by atomic mass is 10.3. The van der Waals surface area contributed by atoms with E-state index in [1.807, 2.05) is 0 Å². The van der Waals surface area contributed by atoms with E-state index in [0.717, 1.165) is 6.54 Å². The Labute approximate surface area is 96.3 Å². The molecule has 0 unspecified atom stereocenters. The average molecular weight is 248 g/mol. The lowest BCUT2D eigenvalue weighted by Crippen LogP contribution is -2.26. The highest BCUT2D eigenvalue weighted by atomic mass is 35.5. The number of halogens is 3. The lowest BCUT2D eigenvalue weighted by Gasteiger charge is -2.10. The Morgan fingerprint density at radius 1 is 1.33 bits per heavy atom. The van der Waals surface area contributed by atoms with Gasteiger partial charge in [0.2, 0.25) is 0 Å². The zero-order chi connectivity index (χ0) is 10.8. The van der Waals surface area contributed by atoms with Crippen molar-refractivity contribution in [2.24, 2.45) is 4.99 Å². The standard InChI is InChI=1S/C9H8Cl2FN3/c10-6-3-5(12)4-7(11)8(6)15-9-13-1-2-14-9/h3-4H,1-2H2,(H2,13,14,15). The second kappa shape index (κ2) is 4.24. The van der Waals surface area contributed by atoms with Crippen LogP contribution in [0.2, 0.25) is 10.0 Å². The molecule has 0 saturated heterocycles. The first-order valence-corrected chi connectivity index (χ1v) is 5.12. The minimum absolute atomic E-state index is 0.233. The summed E-state index contributed by atoms with van der Waals surface area (Å²) in [6, 6.07) is 2.40. The first kappa shape index (κ1) is 10.5. The molecule has 6 heteroatoms. The molecule has 0 aromatic heterocycles. The second-order valence-electron chi connectivity index (χ2n) is 3.03. The molecule has 0 atom stereocenters. The predicted molar refractivity (Wildman–Crippen MR) is 60.3 cm³/mol. The lowest BCUT2D eigenvalue weighted by molar-refractivity contribution is 0.628. The van der Waals surface area contributed by atoms with Crippen LogP contribution >= 0.6 is 23.2 Å². The molecule has 0 amide bonds. The van der Waals surface area contributed by atoms with Gasteiger partial charge in [-0.05, 0) is 12.1 Å². The van der Waals surface area contributed by atoms with Crippen LogP contribution < -0.4 is 10.6 Å². The third-order valence-corrected chi connectivity index (χ3v) is 2.52. The van der Waals surface area contributed by atoms with Gasteiger partial charge in [0.05, 0.1) is 22.3 Å². The van der Waals surface area contributed by atoms with Crippen molar-refractivity contribution in [1.82, 2.24) is 5.32 Å². The van der Waals surface area contributed by atoms with E-state index in [1.54, 1.807) is 0 Å². The first-order chi connectivity index (χ1) is 7.16. The third-order valence-electron chi connectivity index (χ3n) is 1.92. The van der Waals surface area contributed by atoms with Crippen LogP contribution in [0.3, 0.4) is 0 Å². The van der Waals surface area contributed by atoms with E-state index in [-0.39, 0.29) is 10.0 Å². The number of guanidine groups is 1. The van der Waals surface area contributed by atoms with Crippen LogP contribution in [0.25, 0.3) is 0 Å². The number of aliphatic imine (C=N–C) groups is 1. The van der Waals surface area contributed by atoms with Gasteiger partial charge < -0.3 is 10.6 Å². The van der Waals surface area contributed by atoms with E-state index in [9.17, 15) is 4.39 Å². The van der Waals surface area contributed by atoms with Crippen molar-refractivity contribution in [3.8, 4) is 0 Å². The Bertz CT molecular complexity index is 397. The molecule has 0 spiro atoms. The van der Waals surface area contributed by atoms with Crippen molar-refractivity contribution in [2.75, 3.05) is 18.4 Å². The summed E-state index contributed by atoms with van der Waals surface area (Å²) in [5.74, 6) is 0.141. The van der Waals surface area contributed by atoms with Gasteiger partial charge >= 0.3 is 0 Å². The van der Waals surface area contributed by atoms with E-state index in [1.165, 1.54) is 12.1 Å². The molecule has 0 fully saturated rings. The summed E-state index contributed by atoms with van der Waals surface area (Å²) in [6.07, 6.45) is 0. The summed E-state index contributed by atoms with van der Waals surface area (Å²) in [5, 5.41) is 6.38. The summed E-state index contributed by atoms with van der Waals surface area (Å²) in [4.78, 5) is 4.12. The highest BCUT2D eigenvalue weighted by molar-refractivity contribution is 6.39. The quantitative estimate of drug-likeness (QED) is 0.801. The number of anilines is 1. The maximum atomic E-state index is 12.9. The Morgan fingerprint density at radius 2 is 2.00 bits per heavy atom. The number of nitrogens with one attached hydrogen (secondary N) is 2. The summed E-state index contributed by atoms with van der Waals surface area (Å²) in [5.41, 5.74) is 0.466. The molecule has 1 aliphatic heterocycles. The fourth-order valence-electron chi connectivity index (χ4n) is 1.26. The fourth-order valence-corrected chi connectivity index (χ4v) is 1.82. The molecule has 0 bridgehead atoms. The van der Waals surface area contributed by atoms with Crippen molar-refractivity contribution in [3.63, 3.8) is 0 Å². The topological polar surface area (TPSA) is 36.4 Å². The van der Waals surface area contributed by atoms with Crippen molar-refractivity contribution >= 4 is 34.8 Å². The Morgan fingerprint density at radius 3 is 2.53 bits per heavy atom. The molecule has 0 aliphatic carbocycles. The zero-order valence-electron chi connectivity index (χ0n) is 7.65. The van der Waals surface area contributed by atoms with E-state index < -0.39 is 5.82 Å². The van der Waals surface area contributed by atoms with Gasteiger partial charge in [0.1, 0.15) is 5.82 Å². The van der Waals surface area contributed by atoms with Crippen LogP contribution in [0.4, 0.5) is 10.1 Å². The average Bonchev–Trinajstić information content (AvgIpc) is 2.63. The highest BCUT2D eigenvalue weighted by Crippen LogP contribution is 2.31. The van der Waals surface area contributed by atoms with Gasteiger partial charge in [0.25, 0.3) is 0 Å². The Balaban J connectivity index is 2.27. The second-order valence-corrected chi connectivity index (χ2v) is 3.84. The molecule has 1 aliphatic rings. The number of hydrogen-bond acceptors (Lipinski definition) is 3. The van der Waals surface area contributed by atoms with Crippen molar-refractivity contribution in [3.05, 3.63) is 28.0 Å². The van der Waals surface area contributed by atoms with Crippen LogP contribution in [-0.4, -0.2) is 19.0 Å². The van der Waals surface area contributed by atoms with Crippen LogP contribution in [-0.2, 0) is 0 Å². The summed E-state index contributed by atoms with van der Waals surface area (Å²) >= 11 is 11.7. The molecule has 2 rings (SSSR count).